The quantitative estimate of drug-likeness (QED) is 0.599. The Morgan fingerprint density at radius 3 is 2.46 bits per heavy atom. The Hall–Kier alpha value is -3.65. The van der Waals surface area contributed by atoms with E-state index in [4.69, 9.17) is 21.1 Å². The topological polar surface area (TPSA) is 109 Å². The predicted octanol–water partition coefficient (Wildman–Crippen LogP) is 4.40. The highest BCUT2D eigenvalue weighted by Gasteiger charge is 2.17. The molecule has 142 valence electrons. The van der Waals surface area contributed by atoms with Crippen molar-refractivity contribution in [3.8, 4) is 11.3 Å². The van der Waals surface area contributed by atoms with Crippen LogP contribution in [-0.2, 0) is 0 Å². The van der Waals surface area contributed by atoms with E-state index in [1.807, 2.05) is 0 Å². The van der Waals surface area contributed by atoms with Gasteiger partial charge in [-0.3, -0.25) is 10.1 Å². The molecule has 0 spiro atoms. The lowest BCUT2D eigenvalue weighted by Crippen LogP contribution is -2.34. The van der Waals surface area contributed by atoms with E-state index in [1.165, 1.54) is 12.1 Å². The van der Waals surface area contributed by atoms with Gasteiger partial charge in [0.15, 0.2) is 0 Å². The number of carboxylic acids is 1. The second-order valence-corrected chi connectivity index (χ2v) is 5.95. The number of halogens is 2. The Labute approximate surface area is 162 Å². The Morgan fingerprint density at radius 2 is 1.79 bits per heavy atom. The maximum absolute atomic E-state index is 13.1. The molecule has 1 aromatic heterocycles. The summed E-state index contributed by atoms with van der Waals surface area (Å²) in [5.41, 5.74) is 0.630. The Balaban J connectivity index is 1.77. The predicted molar refractivity (Wildman–Crippen MR) is 99.0 cm³/mol. The van der Waals surface area contributed by atoms with E-state index >= 15 is 0 Å². The highest BCUT2D eigenvalue weighted by atomic mass is 35.5. The molecular weight excluding hydrogens is 391 g/mol. The molecule has 0 unspecified atom stereocenters. The van der Waals surface area contributed by atoms with Crippen molar-refractivity contribution >= 4 is 35.2 Å². The van der Waals surface area contributed by atoms with E-state index in [-0.39, 0.29) is 27.8 Å². The van der Waals surface area contributed by atoms with Gasteiger partial charge in [0, 0.05) is 5.56 Å². The molecule has 0 aliphatic carbocycles. The van der Waals surface area contributed by atoms with Crippen LogP contribution < -0.4 is 10.6 Å². The molecule has 2 aromatic carbocycles. The lowest BCUT2D eigenvalue weighted by molar-refractivity contribution is 0.0663. The van der Waals surface area contributed by atoms with Crippen LogP contribution in [0.5, 0.6) is 0 Å². The first-order valence-electron chi connectivity index (χ1n) is 7.85. The van der Waals surface area contributed by atoms with Crippen molar-refractivity contribution in [1.82, 2.24) is 5.32 Å². The number of hydrogen-bond acceptors (Lipinski definition) is 4. The van der Waals surface area contributed by atoms with Gasteiger partial charge in [0.2, 0.25) is 5.76 Å². The van der Waals surface area contributed by atoms with Crippen LogP contribution in [0.15, 0.2) is 59.0 Å². The largest absolute Gasteiger partial charge is 0.475 e. The third-order valence-electron chi connectivity index (χ3n) is 3.66. The molecule has 9 heteroatoms. The summed E-state index contributed by atoms with van der Waals surface area (Å²) < 4.78 is 18.3. The number of imide groups is 1. The van der Waals surface area contributed by atoms with Crippen molar-refractivity contribution in [2.75, 3.05) is 5.32 Å². The molecule has 0 bridgehead atoms. The van der Waals surface area contributed by atoms with Gasteiger partial charge in [-0.1, -0.05) is 23.7 Å². The van der Waals surface area contributed by atoms with Crippen LogP contribution in [0.1, 0.15) is 20.9 Å². The molecule has 3 aromatic rings. The summed E-state index contributed by atoms with van der Waals surface area (Å²) in [5, 5.41) is 13.4. The molecule has 3 amide bonds. The average Bonchev–Trinajstić information content (AvgIpc) is 3.12. The number of amides is 3. The maximum Gasteiger partial charge on any atom is 0.371 e. The van der Waals surface area contributed by atoms with E-state index in [2.05, 4.69) is 10.6 Å². The summed E-state index contributed by atoms with van der Waals surface area (Å²) in [5.74, 6) is -2.68. The van der Waals surface area contributed by atoms with Crippen LogP contribution in [0.4, 0.5) is 14.9 Å². The van der Waals surface area contributed by atoms with E-state index in [1.54, 1.807) is 24.3 Å². The van der Waals surface area contributed by atoms with Gasteiger partial charge in [-0.15, -0.1) is 0 Å². The zero-order chi connectivity index (χ0) is 20.3. The molecule has 0 aliphatic rings. The van der Waals surface area contributed by atoms with Crippen LogP contribution in [0.2, 0.25) is 5.02 Å². The van der Waals surface area contributed by atoms with Crippen LogP contribution in [0.3, 0.4) is 0 Å². The number of anilines is 1. The zero-order valence-corrected chi connectivity index (χ0v) is 14.8. The van der Waals surface area contributed by atoms with Gasteiger partial charge in [-0.2, -0.15) is 0 Å². The zero-order valence-electron chi connectivity index (χ0n) is 14.0. The summed E-state index contributed by atoms with van der Waals surface area (Å²) in [4.78, 5) is 35.3. The standard InChI is InChI=1S/C19H12ClFN2O5/c20-13-9-10(21)5-6-11(13)17(24)23-19(27)22-14-4-2-1-3-12(14)15-7-8-16(28-15)18(25)26/h1-9H,(H,25,26)(H2,22,23,24,27). The number of carbonyl (C=O) groups is 3. The molecule has 3 N–H and O–H groups in total. The molecule has 7 nitrogen and oxygen atoms in total. The van der Waals surface area contributed by atoms with Crippen molar-refractivity contribution in [1.29, 1.82) is 0 Å². The third kappa shape index (κ3) is 4.18. The summed E-state index contributed by atoms with van der Waals surface area (Å²) in [6.45, 7) is 0. The van der Waals surface area contributed by atoms with Gasteiger partial charge in [-0.25, -0.2) is 14.0 Å². The SMILES string of the molecule is O=C(NC(=O)c1ccc(F)cc1Cl)Nc1ccccc1-c1ccc(C(=O)O)o1. The van der Waals surface area contributed by atoms with Crippen LogP contribution >= 0.6 is 11.6 Å². The molecular formula is C19H12ClFN2O5. The van der Waals surface area contributed by atoms with E-state index in [0.717, 1.165) is 18.2 Å². The molecule has 0 atom stereocenters. The monoisotopic (exact) mass is 402 g/mol. The van der Waals surface area contributed by atoms with E-state index in [0.29, 0.717) is 5.56 Å². The van der Waals surface area contributed by atoms with Crippen LogP contribution in [0.25, 0.3) is 11.3 Å². The lowest BCUT2D eigenvalue weighted by Gasteiger charge is -2.10. The lowest BCUT2D eigenvalue weighted by atomic mass is 10.1. The number of para-hydroxylation sites is 1. The van der Waals surface area contributed by atoms with Crippen molar-refractivity contribution in [3.05, 3.63) is 76.8 Å². The fourth-order valence-electron chi connectivity index (χ4n) is 2.40. The normalized spacial score (nSPS) is 10.4. The minimum Gasteiger partial charge on any atom is -0.475 e. The minimum atomic E-state index is -1.23. The third-order valence-corrected chi connectivity index (χ3v) is 3.97. The maximum atomic E-state index is 13.1. The van der Waals surface area contributed by atoms with Crippen molar-refractivity contribution in [2.24, 2.45) is 0 Å². The second kappa shape index (κ2) is 7.93. The highest BCUT2D eigenvalue weighted by molar-refractivity contribution is 6.34. The molecule has 0 saturated carbocycles. The number of urea groups is 1. The Kier molecular flexibility index (Phi) is 5.42. The van der Waals surface area contributed by atoms with E-state index in [9.17, 15) is 18.8 Å². The summed E-state index contributed by atoms with van der Waals surface area (Å²) in [7, 11) is 0. The van der Waals surface area contributed by atoms with Crippen molar-refractivity contribution in [3.63, 3.8) is 0 Å². The first kappa shape index (κ1) is 19.1. The second-order valence-electron chi connectivity index (χ2n) is 5.55. The van der Waals surface area contributed by atoms with Crippen LogP contribution in [-0.4, -0.2) is 23.0 Å². The van der Waals surface area contributed by atoms with Crippen molar-refractivity contribution in [2.45, 2.75) is 0 Å². The molecule has 0 radical (unpaired) electrons. The molecule has 0 saturated heterocycles. The fraction of sp³-hybridized carbons (Fsp3) is 0. The number of rotatable bonds is 4. The summed E-state index contributed by atoms with van der Waals surface area (Å²) >= 11 is 5.81. The van der Waals surface area contributed by atoms with Gasteiger partial charge >= 0.3 is 12.0 Å². The summed E-state index contributed by atoms with van der Waals surface area (Å²) in [6, 6.07) is 11.5. The number of nitrogens with one attached hydrogen (secondary N) is 2. The number of carboxylic acid groups (broad SMARTS) is 1. The highest BCUT2D eigenvalue weighted by Crippen LogP contribution is 2.29. The van der Waals surface area contributed by atoms with Crippen molar-refractivity contribution < 1.29 is 28.3 Å². The molecule has 0 fully saturated rings. The Bertz CT molecular complexity index is 1080. The first-order chi connectivity index (χ1) is 13.3. The van der Waals surface area contributed by atoms with E-state index < -0.39 is 23.7 Å². The number of hydrogen-bond donors (Lipinski definition) is 3. The average molecular weight is 403 g/mol. The van der Waals surface area contributed by atoms with Gasteiger partial charge in [0.25, 0.3) is 5.91 Å². The first-order valence-corrected chi connectivity index (χ1v) is 8.23. The van der Waals surface area contributed by atoms with Gasteiger partial charge < -0.3 is 14.8 Å². The summed E-state index contributed by atoms with van der Waals surface area (Å²) in [6.07, 6.45) is 0. The number of aromatic carboxylic acids is 1. The molecule has 28 heavy (non-hydrogen) atoms. The molecule has 1 heterocycles. The number of carbonyl (C=O) groups excluding carboxylic acids is 2. The minimum absolute atomic E-state index is 0.0661. The smallest absolute Gasteiger partial charge is 0.371 e. The van der Waals surface area contributed by atoms with Gasteiger partial charge in [-0.05, 0) is 42.5 Å². The number of benzene rings is 2. The van der Waals surface area contributed by atoms with Gasteiger partial charge in [0.1, 0.15) is 11.6 Å². The van der Waals surface area contributed by atoms with Crippen LogP contribution in [0, 0.1) is 5.82 Å². The molecule has 3 rings (SSSR count). The van der Waals surface area contributed by atoms with Gasteiger partial charge in [0.05, 0.1) is 16.3 Å². The molecule has 0 aliphatic heterocycles. The number of furan rings is 1. The fourth-order valence-corrected chi connectivity index (χ4v) is 2.66. The Morgan fingerprint density at radius 1 is 1.04 bits per heavy atom.